The summed E-state index contributed by atoms with van der Waals surface area (Å²) < 4.78 is 5.17. The molecule has 5 heteroatoms. The van der Waals surface area contributed by atoms with Gasteiger partial charge in [-0.05, 0) is 36.1 Å². The molecule has 0 radical (unpaired) electrons. The average molecular weight is 367 g/mol. The van der Waals surface area contributed by atoms with E-state index in [2.05, 4.69) is 34.5 Å². The van der Waals surface area contributed by atoms with Crippen molar-refractivity contribution < 1.29 is 9.53 Å². The Kier molecular flexibility index (Phi) is 6.71. The van der Waals surface area contributed by atoms with Crippen molar-refractivity contribution in [2.24, 2.45) is 0 Å². The Morgan fingerprint density at radius 3 is 2.59 bits per heavy atom. The number of likely N-dealkylation sites (N-methyl/N-ethyl adjacent to an activating group) is 1. The second kappa shape index (κ2) is 9.42. The van der Waals surface area contributed by atoms with Gasteiger partial charge in [-0.25, -0.2) is 4.79 Å². The van der Waals surface area contributed by atoms with E-state index in [1.165, 1.54) is 11.1 Å². The Morgan fingerprint density at radius 2 is 1.89 bits per heavy atom. The summed E-state index contributed by atoms with van der Waals surface area (Å²) in [6, 6.07) is 18.7. The SMILES string of the molecule is COc1ccc(CCNC(=O)N(C)[C@H]2CCN(Cc3ccccc3)C2)cc1. The minimum atomic E-state index is 0.00933. The number of hydrogen-bond acceptors (Lipinski definition) is 3. The van der Waals surface area contributed by atoms with Crippen LogP contribution < -0.4 is 10.1 Å². The van der Waals surface area contributed by atoms with Crippen LogP contribution in [0.25, 0.3) is 0 Å². The second-order valence-corrected chi connectivity index (χ2v) is 7.10. The monoisotopic (exact) mass is 367 g/mol. The van der Waals surface area contributed by atoms with Gasteiger partial charge in [-0.15, -0.1) is 0 Å². The number of amides is 2. The topological polar surface area (TPSA) is 44.8 Å². The number of nitrogens with zero attached hydrogens (tertiary/aromatic N) is 2. The summed E-state index contributed by atoms with van der Waals surface area (Å²) in [6.07, 6.45) is 1.84. The fourth-order valence-corrected chi connectivity index (χ4v) is 3.51. The first kappa shape index (κ1) is 19.2. The summed E-state index contributed by atoms with van der Waals surface area (Å²) in [5.41, 5.74) is 2.51. The molecule has 1 N–H and O–H groups in total. The Hall–Kier alpha value is -2.53. The molecule has 144 valence electrons. The molecule has 1 fully saturated rings. The Bertz CT molecular complexity index is 718. The highest BCUT2D eigenvalue weighted by atomic mass is 16.5. The van der Waals surface area contributed by atoms with E-state index in [1.807, 2.05) is 42.3 Å². The number of urea groups is 1. The molecule has 27 heavy (non-hydrogen) atoms. The number of rotatable bonds is 7. The summed E-state index contributed by atoms with van der Waals surface area (Å²) in [4.78, 5) is 16.7. The number of carbonyl (C=O) groups excluding carboxylic acids is 1. The normalized spacial score (nSPS) is 16.9. The third-order valence-corrected chi connectivity index (χ3v) is 5.21. The molecule has 1 heterocycles. The smallest absolute Gasteiger partial charge is 0.317 e. The van der Waals surface area contributed by atoms with Crippen LogP contribution in [0.4, 0.5) is 4.79 Å². The first-order valence-corrected chi connectivity index (χ1v) is 9.55. The molecule has 2 aromatic carbocycles. The van der Waals surface area contributed by atoms with Crippen LogP contribution in [0.15, 0.2) is 54.6 Å². The Morgan fingerprint density at radius 1 is 1.15 bits per heavy atom. The van der Waals surface area contributed by atoms with Crippen LogP contribution in [0.1, 0.15) is 17.5 Å². The lowest BCUT2D eigenvalue weighted by molar-refractivity contribution is 0.188. The lowest BCUT2D eigenvalue weighted by Crippen LogP contribution is -2.45. The van der Waals surface area contributed by atoms with Crippen molar-refractivity contribution in [2.75, 3.05) is 33.8 Å². The third kappa shape index (κ3) is 5.47. The van der Waals surface area contributed by atoms with E-state index in [0.29, 0.717) is 6.54 Å². The van der Waals surface area contributed by atoms with Gasteiger partial charge in [0.15, 0.2) is 0 Å². The van der Waals surface area contributed by atoms with E-state index >= 15 is 0 Å². The Balaban J connectivity index is 1.40. The number of hydrogen-bond donors (Lipinski definition) is 1. The van der Waals surface area contributed by atoms with Crippen LogP contribution in [-0.4, -0.2) is 55.7 Å². The maximum Gasteiger partial charge on any atom is 0.317 e. The minimum Gasteiger partial charge on any atom is -0.497 e. The van der Waals surface area contributed by atoms with Crippen LogP contribution in [0.5, 0.6) is 5.75 Å². The highest BCUT2D eigenvalue weighted by Crippen LogP contribution is 2.17. The summed E-state index contributed by atoms with van der Waals surface area (Å²) in [5.74, 6) is 0.851. The predicted molar refractivity (Wildman–Crippen MR) is 108 cm³/mol. The van der Waals surface area contributed by atoms with Crippen LogP contribution in [0.2, 0.25) is 0 Å². The molecule has 1 aliphatic rings. The van der Waals surface area contributed by atoms with Crippen LogP contribution >= 0.6 is 0 Å². The first-order valence-electron chi connectivity index (χ1n) is 9.55. The van der Waals surface area contributed by atoms with Crippen molar-refractivity contribution in [1.29, 1.82) is 0 Å². The molecule has 1 aliphatic heterocycles. The molecule has 0 saturated carbocycles. The molecule has 0 aliphatic carbocycles. The van der Waals surface area contributed by atoms with E-state index in [1.54, 1.807) is 7.11 Å². The molecule has 0 unspecified atom stereocenters. The van der Waals surface area contributed by atoms with Crippen LogP contribution in [-0.2, 0) is 13.0 Å². The quantitative estimate of drug-likeness (QED) is 0.818. The summed E-state index contributed by atoms with van der Waals surface area (Å²) in [5, 5.41) is 3.04. The van der Waals surface area contributed by atoms with E-state index in [-0.39, 0.29) is 12.1 Å². The van der Waals surface area contributed by atoms with Gasteiger partial charge in [0.2, 0.25) is 0 Å². The zero-order valence-electron chi connectivity index (χ0n) is 16.2. The minimum absolute atomic E-state index is 0.00933. The maximum absolute atomic E-state index is 12.5. The van der Waals surface area contributed by atoms with E-state index in [9.17, 15) is 4.79 Å². The molecule has 2 amide bonds. The predicted octanol–water partition coefficient (Wildman–Crippen LogP) is 3.15. The standard InChI is InChI=1S/C22H29N3O2/c1-24(20-13-15-25(17-20)16-19-6-4-3-5-7-19)22(26)23-14-12-18-8-10-21(27-2)11-9-18/h3-11,20H,12-17H2,1-2H3,(H,23,26)/t20-/m0/s1. The molecule has 1 atom stereocenters. The van der Waals surface area contributed by atoms with Crippen molar-refractivity contribution in [1.82, 2.24) is 15.1 Å². The van der Waals surface area contributed by atoms with Gasteiger partial charge in [-0.3, -0.25) is 4.90 Å². The molecule has 5 nitrogen and oxygen atoms in total. The molecular weight excluding hydrogens is 338 g/mol. The van der Waals surface area contributed by atoms with Crippen LogP contribution in [0.3, 0.4) is 0 Å². The number of carbonyl (C=O) groups is 1. The van der Waals surface area contributed by atoms with Gasteiger partial charge < -0.3 is 15.0 Å². The fraction of sp³-hybridized carbons (Fsp3) is 0.409. The van der Waals surface area contributed by atoms with E-state index < -0.39 is 0 Å². The maximum atomic E-state index is 12.5. The number of likely N-dealkylation sites (tertiary alicyclic amines) is 1. The van der Waals surface area contributed by atoms with Gasteiger partial charge in [0, 0.05) is 39.3 Å². The fourth-order valence-electron chi connectivity index (χ4n) is 3.51. The lowest BCUT2D eigenvalue weighted by atomic mass is 10.1. The molecule has 1 saturated heterocycles. The molecule has 0 bridgehead atoms. The number of benzene rings is 2. The molecule has 2 aromatic rings. The van der Waals surface area contributed by atoms with Gasteiger partial charge in [-0.1, -0.05) is 42.5 Å². The Labute approximate surface area is 161 Å². The second-order valence-electron chi connectivity index (χ2n) is 7.10. The summed E-state index contributed by atoms with van der Waals surface area (Å²) in [7, 11) is 3.56. The first-order chi connectivity index (χ1) is 13.2. The van der Waals surface area contributed by atoms with Gasteiger partial charge in [-0.2, -0.15) is 0 Å². The van der Waals surface area contributed by atoms with Gasteiger partial charge in [0.1, 0.15) is 5.75 Å². The lowest BCUT2D eigenvalue weighted by Gasteiger charge is -2.25. The van der Waals surface area contributed by atoms with Crippen molar-refractivity contribution in [2.45, 2.75) is 25.4 Å². The largest absolute Gasteiger partial charge is 0.497 e. The van der Waals surface area contributed by atoms with E-state index in [4.69, 9.17) is 4.74 Å². The number of nitrogens with one attached hydrogen (secondary N) is 1. The molecule has 0 aromatic heterocycles. The molecule has 0 spiro atoms. The molecule has 3 rings (SSSR count). The van der Waals surface area contributed by atoms with Crippen molar-refractivity contribution in [3.05, 3.63) is 65.7 Å². The van der Waals surface area contributed by atoms with Crippen molar-refractivity contribution in [3.8, 4) is 5.75 Å². The number of methoxy groups -OCH3 is 1. The number of ether oxygens (including phenoxy) is 1. The van der Waals surface area contributed by atoms with Gasteiger partial charge in [0.25, 0.3) is 0 Å². The summed E-state index contributed by atoms with van der Waals surface area (Å²) >= 11 is 0. The highest BCUT2D eigenvalue weighted by Gasteiger charge is 2.28. The van der Waals surface area contributed by atoms with Crippen molar-refractivity contribution in [3.63, 3.8) is 0 Å². The van der Waals surface area contributed by atoms with Crippen molar-refractivity contribution >= 4 is 6.03 Å². The average Bonchev–Trinajstić information content (AvgIpc) is 3.17. The van der Waals surface area contributed by atoms with E-state index in [0.717, 1.165) is 38.2 Å². The zero-order valence-corrected chi connectivity index (χ0v) is 16.2. The van der Waals surface area contributed by atoms with Crippen LogP contribution in [0, 0.1) is 0 Å². The third-order valence-electron chi connectivity index (χ3n) is 5.21. The molecular formula is C22H29N3O2. The van der Waals surface area contributed by atoms with Gasteiger partial charge in [0.05, 0.1) is 7.11 Å². The summed E-state index contributed by atoms with van der Waals surface area (Å²) in [6.45, 7) is 3.54. The highest BCUT2D eigenvalue weighted by molar-refractivity contribution is 5.74. The van der Waals surface area contributed by atoms with Gasteiger partial charge >= 0.3 is 6.03 Å². The zero-order chi connectivity index (χ0) is 19.1.